The van der Waals surface area contributed by atoms with E-state index in [0.29, 0.717) is 26.2 Å². The number of tetrazole rings is 2. The molecule has 2 aromatic heterocycles. The van der Waals surface area contributed by atoms with Crippen LogP contribution in [-0.2, 0) is 0 Å². The lowest BCUT2D eigenvalue weighted by Gasteiger charge is -2.08. The van der Waals surface area contributed by atoms with Crippen molar-refractivity contribution in [2.75, 3.05) is 36.8 Å². The van der Waals surface area contributed by atoms with E-state index >= 15 is 0 Å². The van der Waals surface area contributed by atoms with Crippen LogP contribution in [0.1, 0.15) is 0 Å². The van der Waals surface area contributed by atoms with E-state index in [2.05, 4.69) is 67.8 Å². The zero-order valence-corrected chi connectivity index (χ0v) is 11.8. The van der Waals surface area contributed by atoms with Crippen LogP contribution < -0.4 is 26.6 Å². The highest BCUT2D eigenvalue weighted by Gasteiger charge is 2.04. The Labute approximate surface area is 128 Å². The van der Waals surface area contributed by atoms with Crippen LogP contribution in [0.3, 0.4) is 0 Å². The average Bonchev–Trinajstić information content (AvgIpc) is 3.20. The van der Waals surface area contributed by atoms with Gasteiger partial charge in [0.1, 0.15) is 0 Å². The summed E-state index contributed by atoms with van der Waals surface area (Å²) in [4.78, 5) is 22.8. The molecule has 0 saturated heterocycles. The zero-order valence-electron chi connectivity index (χ0n) is 11.8. The first kappa shape index (κ1) is 16.0. The van der Waals surface area contributed by atoms with E-state index in [0.717, 1.165) is 0 Å². The quantitative estimate of drug-likeness (QED) is 0.251. The number of H-pyrrole nitrogens is 2. The monoisotopic (exact) mass is 325 g/mol. The fourth-order valence-electron chi connectivity index (χ4n) is 1.38. The number of urea groups is 2. The number of anilines is 2. The Balaban J connectivity index is 1.43. The molecule has 0 aliphatic carbocycles. The van der Waals surface area contributed by atoms with E-state index in [4.69, 9.17) is 0 Å². The molecule has 0 atom stereocenters. The van der Waals surface area contributed by atoms with Crippen LogP contribution >= 0.6 is 0 Å². The normalized spacial score (nSPS) is 10.1. The molecule has 2 heterocycles. The lowest BCUT2D eigenvalue weighted by molar-refractivity contribution is 0.251. The summed E-state index contributed by atoms with van der Waals surface area (Å²) in [7, 11) is 0. The van der Waals surface area contributed by atoms with Gasteiger partial charge in [-0.1, -0.05) is 10.2 Å². The van der Waals surface area contributed by atoms with Crippen molar-refractivity contribution >= 4 is 24.0 Å². The Hall–Kier alpha value is -3.36. The third-order valence-electron chi connectivity index (χ3n) is 2.33. The standard InChI is InChI=1S/C8H15N13O2/c22-7(12-5-14-18-19-15-5)10-3-1-9-2-4-11-8(23)13-6-16-20-21-17-6/h9H,1-4H2,(H3,10,12,14,15,18,19,22)(H3,11,13,16,17,20,21,23). The molecule has 0 fully saturated rings. The van der Waals surface area contributed by atoms with Crippen LogP contribution in [0.4, 0.5) is 21.5 Å². The highest BCUT2D eigenvalue weighted by Crippen LogP contribution is 1.89. The smallest absolute Gasteiger partial charge is 0.321 e. The molecule has 0 aliphatic heterocycles. The molecule has 15 heteroatoms. The minimum atomic E-state index is -0.427. The van der Waals surface area contributed by atoms with Gasteiger partial charge in [-0.05, 0) is 20.9 Å². The van der Waals surface area contributed by atoms with Crippen LogP contribution in [0.5, 0.6) is 0 Å². The summed E-state index contributed by atoms with van der Waals surface area (Å²) in [6, 6.07) is -0.855. The first-order valence-electron chi connectivity index (χ1n) is 6.52. The highest BCUT2D eigenvalue weighted by molar-refractivity contribution is 5.87. The summed E-state index contributed by atoms with van der Waals surface area (Å²) >= 11 is 0. The molecule has 2 rings (SSSR count). The number of amides is 4. The number of rotatable bonds is 8. The molecule has 0 spiro atoms. The fourth-order valence-corrected chi connectivity index (χ4v) is 1.38. The predicted octanol–water partition coefficient (Wildman–Crippen LogP) is -2.75. The van der Waals surface area contributed by atoms with Gasteiger partial charge in [-0.15, -0.1) is 0 Å². The fraction of sp³-hybridized carbons (Fsp3) is 0.500. The van der Waals surface area contributed by atoms with Gasteiger partial charge in [-0.2, -0.15) is 0 Å². The van der Waals surface area contributed by atoms with Gasteiger partial charge in [-0.25, -0.2) is 19.8 Å². The second kappa shape index (κ2) is 8.82. The van der Waals surface area contributed by atoms with Gasteiger partial charge in [0, 0.05) is 26.2 Å². The maximum absolute atomic E-state index is 11.4. The summed E-state index contributed by atoms with van der Waals surface area (Å²) < 4.78 is 0. The molecule has 15 nitrogen and oxygen atoms in total. The number of hydrogen-bond acceptors (Lipinski definition) is 9. The van der Waals surface area contributed by atoms with Crippen molar-refractivity contribution in [2.45, 2.75) is 0 Å². The van der Waals surface area contributed by atoms with Gasteiger partial charge in [0.05, 0.1) is 0 Å². The van der Waals surface area contributed by atoms with Crippen molar-refractivity contribution in [3.8, 4) is 0 Å². The van der Waals surface area contributed by atoms with Crippen LogP contribution in [0.2, 0.25) is 0 Å². The van der Waals surface area contributed by atoms with E-state index in [1.54, 1.807) is 0 Å². The Kier molecular flexibility index (Phi) is 6.14. The number of hydrogen-bond donors (Lipinski definition) is 7. The average molecular weight is 325 g/mol. The predicted molar refractivity (Wildman–Crippen MR) is 75.3 cm³/mol. The Morgan fingerprint density at radius 1 is 0.783 bits per heavy atom. The van der Waals surface area contributed by atoms with E-state index in [1.165, 1.54) is 0 Å². The maximum Gasteiger partial charge on any atom is 0.321 e. The number of nitrogens with one attached hydrogen (secondary N) is 7. The summed E-state index contributed by atoms with van der Waals surface area (Å²) in [5.41, 5.74) is 0. The molecular formula is C8H15N13O2. The van der Waals surface area contributed by atoms with Crippen molar-refractivity contribution in [3.05, 3.63) is 0 Å². The Morgan fingerprint density at radius 3 is 1.65 bits per heavy atom. The topological polar surface area (TPSA) is 203 Å². The summed E-state index contributed by atoms with van der Waals surface area (Å²) in [6.07, 6.45) is 0. The maximum atomic E-state index is 11.4. The molecule has 0 radical (unpaired) electrons. The van der Waals surface area contributed by atoms with Crippen molar-refractivity contribution in [1.82, 2.24) is 57.2 Å². The molecule has 0 aromatic carbocycles. The molecule has 0 aliphatic rings. The van der Waals surface area contributed by atoms with Crippen LogP contribution in [0.25, 0.3) is 0 Å². The minimum absolute atomic E-state index is 0.160. The highest BCUT2D eigenvalue weighted by atomic mass is 16.2. The molecule has 124 valence electrons. The number of carbonyl (C=O) groups excluding carboxylic acids is 2. The molecule has 23 heavy (non-hydrogen) atoms. The molecule has 0 bridgehead atoms. The van der Waals surface area contributed by atoms with E-state index < -0.39 is 12.1 Å². The third kappa shape index (κ3) is 6.29. The third-order valence-corrected chi connectivity index (χ3v) is 2.33. The summed E-state index contributed by atoms with van der Waals surface area (Å²) in [5, 5.41) is 38.1. The first-order chi connectivity index (χ1) is 11.2. The molecule has 0 saturated carbocycles. The van der Waals surface area contributed by atoms with E-state index in [1.807, 2.05) is 0 Å². The van der Waals surface area contributed by atoms with Gasteiger partial charge < -0.3 is 16.0 Å². The van der Waals surface area contributed by atoms with Crippen LogP contribution in [-0.4, -0.2) is 79.5 Å². The van der Waals surface area contributed by atoms with Crippen LogP contribution in [0.15, 0.2) is 0 Å². The summed E-state index contributed by atoms with van der Waals surface area (Å²) in [5.74, 6) is 0.320. The molecule has 0 unspecified atom stereocenters. The molecule has 7 N–H and O–H groups in total. The zero-order chi connectivity index (χ0) is 16.3. The molecule has 2 aromatic rings. The minimum Gasteiger partial charge on any atom is -0.337 e. The Bertz CT molecular complexity index is 529. The van der Waals surface area contributed by atoms with E-state index in [-0.39, 0.29) is 11.9 Å². The van der Waals surface area contributed by atoms with Crippen molar-refractivity contribution in [1.29, 1.82) is 0 Å². The van der Waals surface area contributed by atoms with Gasteiger partial charge in [0.15, 0.2) is 0 Å². The number of aromatic nitrogens is 8. The SMILES string of the molecule is O=C(NCCNCCNC(=O)Nc1nnn[nH]1)Nc1nnn[nH]1. The second-order valence-electron chi connectivity index (χ2n) is 4.01. The lowest BCUT2D eigenvalue weighted by atomic mass is 10.5. The van der Waals surface area contributed by atoms with Gasteiger partial charge in [-0.3, -0.25) is 10.6 Å². The second-order valence-corrected chi connectivity index (χ2v) is 4.01. The van der Waals surface area contributed by atoms with Crippen molar-refractivity contribution in [2.24, 2.45) is 0 Å². The largest absolute Gasteiger partial charge is 0.337 e. The van der Waals surface area contributed by atoms with Crippen LogP contribution in [0, 0.1) is 0 Å². The summed E-state index contributed by atoms with van der Waals surface area (Å²) in [6.45, 7) is 1.83. The number of aromatic amines is 2. The van der Waals surface area contributed by atoms with Crippen molar-refractivity contribution in [3.63, 3.8) is 0 Å². The first-order valence-corrected chi connectivity index (χ1v) is 6.52. The molecule has 4 amide bonds. The number of carbonyl (C=O) groups is 2. The lowest BCUT2D eigenvalue weighted by Crippen LogP contribution is -2.38. The number of nitrogens with zero attached hydrogens (tertiary/aromatic N) is 6. The van der Waals surface area contributed by atoms with Gasteiger partial charge >= 0.3 is 12.1 Å². The van der Waals surface area contributed by atoms with E-state index in [9.17, 15) is 9.59 Å². The van der Waals surface area contributed by atoms with Crippen molar-refractivity contribution < 1.29 is 9.59 Å². The molecular weight excluding hydrogens is 310 g/mol. The van der Waals surface area contributed by atoms with Gasteiger partial charge in [0.25, 0.3) is 0 Å². The Morgan fingerprint density at radius 2 is 1.26 bits per heavy atom. The van der Waals surface area contributed by atoms with Gasteiger partial charge in [0.2, 0.25) is 11.9 Å².